The molecule has 2 atom stereocenters. The van der Waals surface area contributed by atoms with Gasteiger partial charge in [0.25, 0.3) is 0 Å². The number of aliphatic carboxylic acids is 1. The van der Waals surface area contributed by atoms with E-state index in [0.717, 1.165) is 26.1 Å². The molecule has 2 aliphatic rings. The number of carboxylic acid groups (broad SMARTS) is 1. The standard InChI is InChI=1S/C13H15NO2/c15-12(16)13-6-11(13)8-14(9-13)7-10-4-2-1-3-5-10/h1-5,11H,6-9H2,(H,15,16)/t11-,13?/m0/s1. The van der Waals surface area contributed by atoms with Crippen LogP contribution in [-0.4, -0.2) is 29.1 Å². The summed E-state index contributed by atoms with van der Waals surface area (Å²) in [6.07, 6.45) is 0.883. The summed E-state index contributed by atoms with van der Waals surface area (Å²) < 4.78 is 0. The largest absolute Gasteiger partial charge is 0.481 e. The van der Waals surface area contributed by atoms with Crippen LogP contribution in [0.2, 0.25) is 0 Å². The van der Waals surface area contributed by atoms with Crippen molar-refractivity contribution in [2.24, 2.45) is 11.3 Å². The lowest BCUT2D eigenvalue weighted by atomic mass is 10.1. The highest BCUT2D eigenvalue weighted by atomic mass is 16.4. The number of piperidine rings is 1. The third-order valence-corrected chi connectivity index (χ3v) is 3.89. The van der Waals surface area contributed by atoms with E-state index in [4.69, 9.17) is 0 Å². The van der Waals surface area contributed by atoms with Crippen LogP contribution in [0.1, 0.15) is 12.0 Å². The van der Waals surface area contributed by atoms with Gasteiger partial charge in [0, 0.05) is 19.6 Å². The fourth-order valence-electron chi connectivity index (χ4n) is 2.88. The molecule has 84 valence electrons. The van der Waals surface area contributed by atoms with Crippen molar-refractivity contribution >= 4 is 5.97 Å². The Balaban J connectivity index is 1.66. The van der Waals surface area contributed by atoms with Crippen LogP contribution in [0.5, 0.6) is 0 Å². The van der Waals surface area contributed by atoms with Crippen LogP contribution >= 0.6 is 0 Å². The number of hydrogen-bond donors (Lipinski definition) is 1. The molecule has 1 aliphatic carbocycles. The first kappa shape index (κ1) is 9.85. The molecule has 0 bridgehead atoms. The minimum atomic E-state index is -0.604. The van der Waals surface area contributed by atoms with Gasteiger partial charge < -0.3 is 5.11 Å². The number of carbonyl (C=O) groups is 1. The zero-order chi connectivity index (χ0) is 11.2. The fourth-order valence-corrected chi connectivity index (χ4v) is 2.88. The van der Waals surface area contributed by atoms with Crippen LogP contribution in [0.25, 0.3) is 0 Å². The third kappa shape index (κ3) is 1.43. The average Bonchev–Trinajstić information content (AvgIpc) is 2.84. The van der Waals surface area contributed by atoms with Gasteiger partial charge in [0.05, 0.1) is 5.41 Å². The highest BCUT2D eigenvalue weighted by Gasteiger charge is 2.65. The Bertz CT molecular complexity index is 417. The second-order valence-corrected chi connectivity index (χ2v) is 5.02. The number of fused-ring (bicyclic) bond motifs is 1. The molecular weight excluding hydrogens is 202 g/mol. The maximum atomic E-state index is 11.1. The quantitative estimate of drug-likeness (QED) is 0.836. The predicted molar refractivity (Wildman–Crippen MR) is 59.9 cm³/mol. The molecule has 3 nitrogen and oxygen atoms in total. The summed E-state index contributed by atoms with van der Waals surface area (Å²) in [5.74, 6) is -0.207. The van der Waals surface area contributed by atoms with Gasteiger partial charge in [-0.05, 0) is 17.9 Å². The molecular formula is C13H15NO2. The van der Waals surface area contributed by atoms with E-state index in [1.54, 1.807) is 0 Å². The van der Waals surface area contributed by atoms with E-state index in [9.17, 15) is 9.90 Å². The molecule has 3 rings (SSSR count). The maximum Gasteiger partial charge on any atom is 0.311 e. The van der Waals surface area contributed by atoms with Gasteiger partial charge in [-0.2, -0.15) is 0 Å². The van der Waals surface area contributed by atoms with Crippen molar-refractivity contribution in [3.63, 3.8) is 0 Å². The number of hydrogen-bond acceptors (Lipinski definition) is 2. The minimum Gasteiger partial charge on any atom is -0.481 e. The molecule has 16 heavy (non-hydrogen) atoms. The van der Waals surface area contributed by atoms with Crippen molar-refractivity contribution in [1.29, 1.82) is 0 Å². The van der Waals surface area contributed by atoms with Gasteiger partial charge >= 0.3 is 5.97 Å². The Morgan fingerprint density at radius 3 is 2.81 bits per heavy atom. The molecule has 0 radical (unpaired) electrons. The monoisotopic (exact) mass is 217 g/mol. The topological polar surface area (TPSA) is 40.5 Å². The molecule has 2 fully saturated rings. The van der Waals surface area contributed by atoms with Gasteiger partial charge in [0.1, 0.15) is 0 Å². The van der Waals surface area contributed by atoms with E-state index in [-0.39, 0.29) is 0 Å². The van der Waals surface area contributed by atoms with Crippen LogP contribution in [0.15, 0.2) is 30.3 Å². The lowest BCUT2D eigenvalue weighted by Crippen LogP contribution is -2.28. The van der Waals surface area contributed by atoms with Gasteiger partial charge in [0.15, 0.2) is 0 Å². The SMILES string of the molecule is O=C(O)C12C[C@H]1CN(Cc1ccccc1)C2. The van der Waals surface area contributed by atoms with Gasteiger partial charge in [-0.3, -0.25) is 9.69 Å². The Kier molecular flexibility index (Phi) is 2.04. The molecule has 1 aromatic carbocycles. The van der Waals surface area contributed by atoms with Crippen molar-refractivity contribution < 1.29 is 9.90 Å². The van der Waals surface area contributed by atoms with E-state index in [2.05, 4.69) is 17.0 Å². The molecule has 0 amide bonds. The van der Waals surface area contributed by atoms with Crippen LogP contribution in [0, 0.1) is 11.3 Å². The second kappa shape index (κ2) is 3.32. The highest BCUT2D eigenvalue weighted by molar-refractivity contribution is 5.79. The molecule has 1 saturated carbocycles. The van der Waals surface area contributed by atoms with Gasteiger partial charge in [-0.15, -0.1) is 0 Å². The van der Waals surface area contributed by atoms with Crippen molar-refractivity contribution in [3.05, 3.63) is 35.9 Å². The molecule has 3 heteroatoms. The first-order valence-electron chi connectivity index (χ1n) is 5.70. The Morgan fingerprint density at radius 2 is 2.19 bits per heavy atom. The van der Waals surface area contributed by atoms with E-state index in [1.165, 1.54) is 5.56 Å². The Hall–Kier alpha value is -1.35. The molecule has 1 aromatic rings. The molecule has 1 N–H and O–H groups in total. The van der Waals surface area contributed by atoms with Crippen LogP contribution in [0.3, 0.4) is 0 Å². The minimum absolute atomic E-state index is 0.394. The normalized spacial score (nSPS) is 32.4. The third-order valence-electron chi connectivity index (χ3n) is 3.89. The van der Waals surface area contributed by atoms with Gasteiger partial charge in [-0.1, -0.05) is 30.3 Å². The molecule has 0 spiro atoms. The summed E-state index contributed by atoms with van der Waals surface area (Å²) in [6.45, 7) is 2.55. The van der Waals surface area contributed by atoms with E-state index < -0.39 is 11.4 Å². The molecule has 1 saturated heterocycles. The average molecular weight is 217 g/mol. The Morgan fingerprint density at radius 1 is 1.44 bits per heavy atom. The lowest BCUT2D eigenvalue weighted by Gasteiger charge is -2.18. The number of likely N-dealkylation sites (tertiary alicyclic amines) is 1. The van der Waals surface area contributed by atoms with E-state index in [1.807, 2.05) is 18.2 Å². The van der Waals surface area contributed by atoms with E-state index >= 15 is 0 Å². The van der Waals surface area contributed by atoms with Crippen molar-refractivity contribution in [2.75, 3.05) is 13.1 Å². The summed E-state index contributed by atoms with van der Waals surface area (Å²) in [7, 11) is 0. The Labute approximate surface area is 94.7 Å². The summed E-state index contributed by atoms with van der Waals surface area (Å²) in [5, 5.41) is 9.17. The maximum absolute atomic E-state index is 11.1. The van der Waals surface area contributed by atoms with Crippen molar-refractivity contribution in [2.45, 2.75) is 13.0 Å². The second-order valence-electron chi connectivity index (χ2n) is 5.02. The summed E-state index contributed by atoms with van der Waals surface area (Å²) in [5.41, 5.74) is 0.874. The van der Waals surface area contributed by atoms with E-state index in [0.29, 0.717) is 5.92 Å². The molecule has 1 unspecified atom stereocenters. The van der Waals surface area contributed by atoms with Gasteiger partial charge in [-0.25, -0.2) is 0 Å². The number of rotatable bonds is 3. The summed E-state index contributed by atoms with van der Waals surface area (Å²) >= 11 is 0. The highest BCUT2D eigenvalue weighted by Crippen LogP contribution is 2.58. The fraction of sp³-hybridized carbons (Fsp3) is 0.462. The molecule has 1 aliphatic heterocycles. The zero-order valence-corrected chi connectivity index (χ0v) is 9.10. The lowest BCUT2D eigenvalue weighted by molar-refractivity contribution is -0.143. The van der Waals surface area contributed by atoms with Crippen LogP contribution in [0.4, 0.5) is 0 Å². The first-order valence-corrected chi connectivity index (χ1v) is 5.70. The number of nitrogens with zero attached hydrogens (tertiary/aromatic N) is 1. The molecule has 0 aromatic heterocycles. The molecule has 1 heterocycles. The predicted octanol–water partition coefficient (Wildman–Crippen LogP) is 1.59. The number of carboxylic acids is 1. The summed E-state index contributed by atoms with van der Waals surface area (Å²) in [4.78, 5) is 13.4. The van der Waals surface area contributed by atoms with Gasteiger partial charge in [0.2, 0.25) is 0 Å². The smallest absolute Gasteiger partial charge is 0.311 e. The zero-order valence-electron chi connectivity index (χ0n) is 9.10. The van der Waals surface area contributed by atoms with Crippen LogP contribution < -0.4 is 0 Å². The van der Waals surface area contributed by atoms with Crippen molar-refractivity contribution in [1.82, 2.24) is 4.90 Å². The first-order chi connectivity index (χ1) is 7.71. The number of benzene rings is 1. The summed E-state index contributed by atoms with van der Waals surface area (Å²) in [6, 6.07) is 10.2. The van der Waals surface area contributed by atoms with Crippen molar-refractivity contribution in [3.8, 4) is 0 Å². The van der Waals surface area contributed by atoms with Crippen LogP contribution in [-0.2, 0) is 11.3 Å².